The highest BCUT2D eigenvalue weighted by Crippen LogP contribution is 2.22. The minimum atomic E-state index is -0.174. The second kappa shape index (κ2) is 9.32. The summed E-state index contributed by atoms with van der Waals surface area (Å²) in [6.45, 7) is 10.6. The molecule has 2 aliphatic rings. The molecule has 8 nitrogen and oxygen atoms in total. The fraction of sp³-hybridized carbons (Fsp3) is 0.737. The highest BCUT2D eigenvalue weighted by atomic mass is 16.5. The van der Waals surface area contributed by atoms with Gasteiger partial charge in [-0.2, -0.15) is 0 Å². The van der Waals surface area contributed by atoms with Gasteiger partial charge in [-0.15, -0.1) is 0 Å². The molecule has 0 saturated carbocycles. The van der Waals surface area contributed by atoms with E-state index in [0.29, 0.717) is 31.2 Å². The Hall–Kier alpha value is -1.93. The summed E-state index contributed by atoms with van der Waals surface area (Å²) in [6, 6.07) is 0. The van der Waals surface area contributed by atoms with Gasteiger partial charge < -0.3 is 19.5 Å². The molecule has 0 atom stereocenters. The standard InChI is InChI=1S/C19H31N5O3/c1-3-23(4-2)19(26)17-21-16(15-7-5-6-9-24(15)17)18(25)20-8-10-22-11-13-27-14-12-22/h3-14H2,1-2H3,(H,20,25). The van der Waals surface area contributed by atoms with Gasteiger partial charge in [-0.25, -0.2) is 4.98 Å². The molecule has 150 valence electrons. The molecular formula is C19H31N5O3. The van der Waals surface area contributed by atoms with Crippen molar-refractivity contribution in [1.29, 1.82) is 0 Å². The Bertz CT molecular complexity index is 663. The minimum absolute atomic E-state index is 0.0875. The molecular weight excluding hydrogens is 346 g/mol. The topological polar surface area (TPSA) is 79.7 Å². The lowest BCUT2D eigenvalue weighted by molar-refractivity contribution is 0.0383. The van der Waals surface area contributed by atoms with Crippen LogP contribution in [0, 0.1) is 0 Å². The summed E-state index contributed by atoms with van der Waals surface area (Å²) < 4.78 is 7.30. The zero-order valence-corrected chi connectivity index (χ0v) is 16.5. The van der Waals surface area contributed by atoms with Crippen LogP contribution in [0.3, 0.4) is 0 Å². The molecule has 3 rings (SSSR count). The maximum atomic E-state index is 12.8. The molecule has 0 aliphatic carbocycles. The molecule has 2 aliphatic heterocycles. The van der Waals surface area contributed by atoms with E-state index in [1.165, 1.54) is 0 Å². The summed E-state index contributed by atoms with van der Waals surface area (Å²) in [7, 11) is 0. The molecule has 0 unspecified atom stereocenters. The van der Waals surface area contributed by atoms with Crippen LogP contribution in [-0.2, 0) is 17.7 Å². The fourth-order valence-corrected chi connectivity index (χ4v) is 3.78. The number of hydrogen-bond acceptors (Lipinski definition) is 5. The van der Waals surface area contributed by atoms with Gasteiger partial charge in [0.05, 0.1) is 18.9 Å². The van der Waals surface area contributed by atoms with Gasteiger partial charge in [-0.1, -0.05) is 0 Å². The second-order valence-electron chi connectivity index (χ2n) is 7.03. The van der Waals surface area contributed by atoms with E-state index >= 15 is 0 Å². The van der Waals surface area contributed by atoms with Crippen LogP contribution in [0.1, 0.15) is 53.5 Å². The smallest absolute Gasteiger partial charge is 0.289 e. The van der Waals surface area contributed by atoms with Crippen LogP contribution in [0.4, 0.5) is 0 Å². The van der Waals surface area contributed by atoms with Crippen LogP contribution in [0.5, 0.6) is 0 Å². The number of aromatic nitrogens is 2. The number of nitrogens with zero attached hydrogens (tertiary/aromatic N) is 4. The van der Waals surface area contributed by atoms with E-state index in [1.54, 1.807) is 4.90 Å². The quantitative estimate of drug-likeness (QED) is 0.759. The maximum Gasteiger partial charge on any atom is 0.289 e. The summed E-state index contributed by atoms with van der Waals surface area (Å²) in [5.41, 5.74) is 1.33. The number of imidazole rings is 1. The normalized spacial score (nSPS) is 17.4. The molecule has 2 amide bonds. The van der Waals surface area contributed by atoms with E-state index in [1.807, 2.05) is 18.4 Å². The molecule has 0 radical (unpaired) electrons. The van der Waals surface area contributed by atoms with Crippen molar-refractivity contribution in [3.63, 3.8) is 0 Å². The van der Waals surface area contributed by atoms with Gasteiger partial charge in [0.25, 0.3) is 11.8 Å². The number of carbonyl (C=O) groups is 2. The first-order chi connectivity index (χ1) is 13.2. The summed E-state index contributed by atoms with van der Waals surface area (Å²) >= 11 is 0. The van der Waals surface area contributed by atoms with E-state index < -0.39 is 0 Å². The third kappa shape index (κ3) is 4.50. The third-order valence-corrected chi connectivity index (χ3v) is 5.39. The van der Waals surface area contributed by atoms with Gasteiger partial charge in [0.2, 0.25) is 0 Å². The summed E-state index contributed by atoms with van der Waals surface area (Å²) in [5.74, 6) is 0.148. The van der Waals surface area contributed by atoms with Gasteiger partial charge >= 0.3 is 0 Å². The Morgan fingerprint density at radius 1 is 1.15 bits per heavy atom. The van der Waals surface area contributed by atoms with Gasteiger partial charge in [0.15, 0.2) is 5.82 Å². The van der Waals surface area contributed by atoms with E-state index in [4.69, 9.17) is 4.74 Å². The monoisotopic (exact) mass is 377 g/mol. The number of morpholine rings is 1. The Kier molecular flexibility index (Phi) is 6.84. The minimum Gasteiger partial charge on any atom is -0.379 e. The van der Waals surface area contributed by atoms with Gasteiger partial charge in [0, 0.05) is 45.8 Å². The first-order valence-corrected chi connectivity index (χ1v) is 10.1. The Morgan fingerprint density at radius 3 is 2.59 bits per heavy atom. The van der Waals surface area contributed by atoms with Crippen molar-refractivity contribution in [1.82, 2.24) is 24.7 Å². The Balaban J connectivity index is 1.70. The maximum absolute atomic E-state index is 12.8. The molecule has 0 spiro atoms. The number of fused-ring (bicyclic) bond motifs is 1. The molecule has 8 heteroatoms. The van der Waals surface area contributed by atoms with Crippen LogP contribution in [0.25, 0.3) is 0 Å². The van der Waals surface area contributed by atoms with Crippen molar-refractivity contribution in [3.05, 3.63) is 17.2 Å². The van der Waals surface area contributed by atoms with Crippen LogP contribution < -0.4 is 5.32 Å². The zero-order valence-electron chi connectivity index (χ0n) is 16.5. The molecule has 0 aromatic carbocycles. The van der Waals surface area contributed by atoms with Crippen molar-refractivity contribution in [3.8, 4) is 0 Å². The van der Waals surface area contributed by atoms with Crippen molar-refractivity contribution < 1.29 is 14.3 Å². The number of nitrogens with one attached hydrogen (secondary N) is 1. The lowest BCUT2D eigenvalue weighted by Crippen LogP contribution is -2.41. The summed E-state index contributed by atoms with van der Waals surface area (Å²) in [4.78, 5) is 34.1. The van der Waals surface area contributed by atoms with Crippen molar-refractivity contribution in [2.24, 2.45) is 0 Å². The predicted octanol–water partition coefficient (Wildman–Crippen LogP) is 0.763. The van der Waals surface area contributed by atoms with E-state index in [9.17, 15) is 9.59 Å². The van der Waals surface area contributed by atoms with Crippen LogP contribution in [-0.4, -0.2) is 83.6 Å². The fourth-order valence-electron chi connectivity index (χ4n) is 3.78. The number of hydrogen-bond donors (Lipinski definition) is 1. The molecule has 0 bridgehead atoms. The number of ether oxygens (including phenoxy) is 1. The Morgan fingerprint density at radius 2 is 1.89 bits per heavy atom. The predicted molar refractivity (Wildman–Crippen MR) is 102 cm³/mol. The number of rotatable bonds is 7. The molecule has 1 aromatic heterocycles. The van der Waals surface area contributed by atoms with Crippen molar-refractivity contribution in [2.45, 2.75) is 39.7 Å². The van der Waals surface area contributed by atoms with E-state index in [0.717, 1.165) is 64.3 Å². The molecule has 27 heavy (non-hydrogen) atoms. The van der Waals surface area contributed by atoms with Gasteiger partial charge in [0.1, 0.15) is 5.69 Å². The zero-order chi connectivity index (χ0) is 19.2. The highest BCUT2D eigenvalue weighted by Gasteiger charge is 2.29. The van der Waals surface area contributed by atoms with E-state index in [2.05, 4.69) is 15.2 Å². The number of amides is 2. The van der Waals surface area contributed by atoms with Crippen molar-refractivity contribution in [2.75, 3.05) is 52.5 Å². The average Bonchev–Trinajstić information content (AvgIpc) is 3.09. The molecule has 1 N–H and O–H groups in total. The summed E-state index contributed by atoms with van der Waals surface area (Å²) in [5, 5.41) is 2.98. The second-order valence-corrected chi connectivity index (χ2v) is 7.03. The molecule has 1 aromatic rings. The van der Waals surface area contributed by atoms with Gasteiger partial charge in [-0.3, -0.25) is 14.5 Å². The first-order valence-electron chi connectivity index (χ1n) is 10.1. The number of carbonyl (C=O) groups excluding carboxylic acids is 2. The highest BCUT2D eigenvalue weighted by molar-refractivity contribution is 5.97. The van der Waals surface area contributed by atoms with Crippen molar-refractivity contribution >= 4 is 11.8 Å². The van der Waals surface area contributed by atoms with Gasteiger partial charge in [-0.05, 0) is 33.1 Å². The third-order valence-electron chi connectivity index (χ3n) is 5.39. The average molecular weight is 377 g/mol. The molecule has 3 heterocycles. The Labute approximate surface area is 160 Å². The van der Waals surface area contributed by atoms with Crippen LogP contribution in [0.2, 0.25) is 0 Å². The van der Waals surface area contributed by atoms with Crippen LogP contribution in [0.15, 0.2) is 0 Å². The SMILES string of the molecule is CCN(CC)C(=O)c1nc(C(=O)NCCN2CCOCC2)c2n1CCCC2. The lowest BCUT2D eigenvalue weighted by atomic mass is 10.1. The summed E-state index contributed by atoms with van der Waals surface area (Å²) in [6.07, 6.45) is 2.84. The lowest BCUT2D eigenvalue weighted by Gasteiger charge is -2.26. The van der Waals surface area contributed by atoms with E-state index in [-0.39, 0.29) is 11.8 Å². The largest absolute Gasteiger partial charge is 0.379 e. The van der Waals surface area contributed by atoms with Crippen LogP contribution >= 0.6 is 0 Å². The molecule has 1 fully saturated rings. The molecule has 1 saturated heterocycles. The first kappa shape index (κ1) is 19.8.